The number of ether oxygens (including phenoxy) is 2. The molecule has 0 atom stereocenters. The summed E-state index contributed by atoms with van der Waals surface area (Å²) < 4.78 is 11.2. The maximum Gasteiger partial charge on any atom is 0.193 e. The van der Waals surface area contributed by atoms with E-state index in [1.54, 1.807) is 7.11 Å². The standard InChI is InChI=1S/C23H27NO3/c1-13(2)12-27-20-10-8-18-21(15(20)4)23(25)16(5)22(24-18)17-7-9-19(26-6)14(3)11-17/h7-11,13H,12H2,1-6H3,(H,24,25). The molecule has 0 fully saturated rings. The Morgan fingerprint density at radius 3 is 2.33 bits per heavy atom. The number of aromatic amines is 1. The first-order valence-corrected chi connectivity index (χ1v) is 9.27. The number of fused-ring (bicyclic) bond motifs is 1. The molecule has 2 aromatic carbocycles. The molecular formula is C23H27NO3. The normalized spacial score (nSPS) is 11.2. The van der Waals surface area contributed by atoms with Crippen LogP contribution in [0.4, 0.5) is 0 Å². The monoisotopic (exact) mass is 365 g/mol. The molecule has 0 aliphatic carbocycles. The van der Waals surface area contributed by atoms with Crippen LogP contribution in [0, 0.1) is 26.7 Å². The Hall–Kier alpha value is -2.75. The average Bonchev–Trinajstić information content (AvgIpc) is 2.63. The first-order chi connectivity index (χ1) is 12.8. The number of benzene rings is 2. The van der Waals surface area contributed by atoms with E-state index in [1.807, 2.05) is 51.1 Å². The van der Waals surface area contributed by atoms with Gasteiger partial charge in [-0.3, -0.25) is 4.79 Å². The van der Waals surface area contributed by atoms with E-state index < -0.39 is 0 Å². The summed E-state index contributed by atoms with van der Waals surface area (Å²) in [6.45, 7) is 10.7. The van der Waals surface area contributed by atoms with Gasteiger partial charge < -0.3 is 14.5 Å². The van der Waals surface area contributed by atoms with E-state index in [0.29, 0.717) is 23.5 Å². The largest absolute Gasteiger partial charge is 0.496 e. The molecule has 0 unspecified atom stereocenters. The van der Waals surface area contributed by atoms with Gasteiger partial charge in [0.25, 0.3) is 0 Å². The Morgan fingerprint density at radius 1 is 1.00 bits per heavy atom. The molecule has 1 aromatic heterocycles. The third kappa shape index (κ3) is 3.57. The molecule has 0 bridgehead atoms. The molecule has 0 aliphatic heterocycles. The number of methoxy groups -OCH3 is 1. The number of nitrogens with one attached hydrogen (secondary N) is 1. The highest BCUT2D eigenvalue weighted by Gasteiger charge is 2.15. The number of pyridine rings is 1. The summed E-state index contributed by atoms with van der Waals surface area (Å²) in [5, 5.41) is 0.697. The highest BCUT2D eigenvalue weighted by atomic mass is 16.5. The minimum atomic E-state index is 0.0414. The summed E-state index contributed by atoms with van der Waals surface area (Å²) in [6.07, 6.45) is 0. The van der Waals surface area contributed by atoms with Gasteiger partial charge in [-0.25, -0.2) is 0 Å². The number of hydrogen-bond donors (Lipinski definition) is 1. The molecule has 0 saturated carbocycles. The summed E-state index contributed by atoms with van der Waals surface area (Å²) in [6, 6.07) is 9.81. The minimum Gasteiger partial charge on any atom is -0.496 e. The number of aromatic nitrogens is 1. The Bertz CT molecular complexity index is 1050. The third-order valence-corrected chi connectivity index (χ3v) is 4.87. The van der Waals surface area contributed by atoms with Gasteiger partial charge in [0.05, 0.1) is 30.3 Å². The molecule has 27 heavy (non-hydrogen) atoms. The number of rotatable bonds is 5. The maximum atomic E-state index is 13.1. The molecule has 4 nitrogen and oxygen atoms in total. The SMILES string of the molecule is COc1ccc(-c2[nH]c3ccc(OCC(C)C)c(C)c3c(=O)c2C)cc1C. The molecule has 0 spiro atoms. The summed E-state index contributed by atoms with van der Waals surface area (Å²) in [5.74, 6) is 2.04. The van der Waals surface area contributed by atoms with Crippen molar-refractivity contribution in [3.05, 3.63) is 57.2 Å². The smallest absolute Gasteiger partial charge is 0.193 e. The zero-order valence-electron chi connectivity index (χ0n) is 16.9. The predicted molar refractivity (Wildman–Crippen MR) is 111 cm³/mol. The maximum absolute atomic E-state index is 13.1. The van der Waals surface area contributed by atoms with Gasteiger partial charge in [-0.2, -0.15) is 0 Å². The lowest BCUT2D eigenvalue weighted by Crippen LogP contribution is -2.12. The van der Waals surface area contributed by atoms with Crippen LogP contribution in [-0.4, -0.2) is 18.7 Å². The van der Waals surface area contributed by atoms with Crippen molar-refractivity contribution in [2.75, 3.05) is 13.7 Å². The van der Waals surface area contributed by atoms with Gasteiger partial charge in [-0.15, -0.1) is 0 Å². The van der Waals surface area contributed by atoms with E-state index in [0.717, 1.165) is 39.4 Å². The minimum absolute atomic E-state index is 0.0414. The number of H-pyrrole nitrogens is 1. The van der Waals surface area contributed by atoms with Crippen molar-refractivity contribution in [2.24, 2.45) is 5.92 Å². The van der Waals surface area contributed by atoms with Crippen molar-refractivity contribution in [2.45, 2.75) is 34.6 Å². The van der Waals surface area contributed by atoms with E-state index >= 15 is 0 Å². The molecule has 0 aliphatic rings. The van der Waals surface area contributed by atoms with E-state index in [1.165, 1.54) is 0 Å². The fourth-order valence-corrected chi connectivity index (χ4v) is 3.35. The summed E-state index contributed by atoms with van der Waals surface area (Å²) in [7, 11) is 1.66. The van der Waals surface area contributed by atoms with Crippen molar-refractivity contribution >= 4 is 10.9 Å². The van der Waals surface area contributed by atoms with E-state index in [2.05, 4.69) is 18.8 Å². The zero-order chi connectivity index (χ0) is 19.7. The first kappa shape index (κ1) is 19.0. The van der Waals surface area contributed by atoms with Crippen LogP contribution in [0.2, 0.25) is 0 Å². The van der Waals surface area contributed by atoms with Gasteiger partial charge in [0.1, 0.15) is 11.5 Å². The summed E-state index contributed by atoms with van der Waals surface area (Å²) in [4.78, 5) is 16.6. The van der Waals surface area contributed by atoms with Crippen LogP contribution in [0.3, 0.4) is 0 Å². The fraction of sp³-hybridized carbons (Fsp3) is 0.348. The summed E-state index contributed by atoms with van der Waals surface area (Å²) >= 11 is 0. The van der Waals surface area contributed by atoms with E-state index in [4.69, 9.17) is 9.47 Å². The van der Waals surface area contributed by atoms with Crippen LogP contribution >= 0.6 is 0 Å². The Morgan fingerprint density at radius 2 is 1.70 bits per heavy atom. The summed E-state index contributed by atoms with van der Waals surface area (Å²) in [5.41, 5.74) is 5.30. The van der Waals surface area contributed by atoms with E-state index in [-0.39, 0.29) is 5.43 Å². The van der Waals surface area contributed by atoms with Crippen LogP contribution in [0.5, 0.6) is 11.5 Å². The fourth-order valence-electron chi connectivity index (χ4n) is 3.35. The van der Waals surface area contributed by atoms with Gasteiger partial charge in [-0.05, 0) is 68.1 Å². The first-order valence-electron chi connectivity index (χ1n) is 9.27. The van der Waals surface area contributed by atoms with Gasteiger partial charge >= 0.3 is 0 Å². The Labute approximate surface area is 160 Å². The van der Waals surface area contributed by atoms with Crippen LogP contribution in [-0.2, 0) is 0 Å². The van der Waals surface area contributed by atoms with Gasteiger partial charge in [-0.1, -0.05) is 13.8 Å². The molecule has 1 N–H and O–H groups in total. The van der Waals surface area contributed by atoms with Crippen molar-refractivity contribution in [3.8, 4) is 22.8 Å². The molecule has 0 radical (unpaired) electrons. The highest BCUT2D eigenvalue weighted by Crippen LogP contribution is 2.30. The molecule has 142 valence electrons. The second kappa shape index (κ2) is 7.47. The lowest BCUT2D eigenvalue weighted by Gasteiger charge is -2.15. The van der Waals surface area contributed by atoms with Gasteiger partial charge in [0, 0.05) is 11.1 Å². The van der Waals surface area contributed by atoms with Crippen molar-refractivity contribution < 1.29 is 9.47 Å². The quantitative estimate of drug-likeness (QED) is 0.679. The Balaban J connectivity index is 2.15. The second-order valence-electron chi connectivity index (χ2n) is 7.45. The topological polar surface area (TPSA) is 51.3 Å². The van der Waals surface area contributed by atoms with E-state index in [9.17, 15) is 4.79 Å². The van der Waals surface area contributed by atoms with Crippen molar-refractivity contribution in [3.63, 3.8) is 0 Å². The average molecular weight is 365 g/mol. The van der Waals surface area contributed by atoms with Crippen molar-refractivity contribution in [1.82, 2.24) is 4.98 Å². The molecular weight excluding hydrogens is 338 g/mol. The third-order valence-electron chi connectivity index (χ3n) is 4.87. The van der Waals surface area contributed by atoms with Gasteiger partial charge in [0.15, 0.2) is 5.43 Å². The lowest BCUT2D eigenvalue weighted by molar-refractivity contribution is 0.270. The van der Waals surface area contributed by atoms with Crippen LogP contribution in [0.1, 0.15) is 30.5 Å². The van der Waals surface area contributed by atoms with Crippen LogP contribution in [0.25, 0.3) is 22.2 Å². The molecule has 3 aromatic rings. The van der Waals surface area contributed by atoms with Gasteiger partial charge in [0.2, 0.25) is 0 Å². The molecule has 0 amide bonds. The predicted octanol–water partition coefficient (Wildman–Crippen LogP) is 5.16. The number of aryl methyl sites for hydroxylation is 2. The second-order valence-corrected chi connectivity index (χ2v) is 7.45. The zero-order valence-corrected chi connectivity index (χ0v) is 16.9. The van der Waals surface area contributed by atoms with Crippen LogP contribution < -0.4 is 14.9 Å². The van der Waals surface area contributed by atoms with Crippen LogP contribution in [0.15, 0.2) is 35.1 Å². The molecule has 4 heteroatoms. The molecule has 1 heterocycles. The number of hydrogen-bond acceptors (Lipinski definition) is 3. The van der Waals surface area contributed by atoms with Crippen molar-refractivity contribution in [1.29, 1.82) is 0 Å². The molecule has 3 rings (SSSR count). The highest BCUT2D eigenvalue weighted by molar-refractivity contribution is 5.87. The lowest BCUT2D eigenvalue weighted by atomic mass is 9.99. The Kier molecular flexibility index (Phi) is 5.26. The molecule has 0 saturated heterocycles.